The summed E-state index contributed by atoms with van der Waals surface area (Å²) in [6, 6.07) is 8.70. The summed E-state index contributed by atoms with van der Waals surface area (Å²) in [6.07, 6.45) is 17.2. The first-order valence-corrected chi connectivity index (χ1v) is 16.0. The molecule has 0 atom stereocenters. The van der Waals surface area contributed by atoms with Crippen molar-refractivity contribution in [3.05, 3.63) is 108 Å². The van der Waals surface area contributed by atoms with Crippen LogP contribution in [0.1, 0.15) is 30.1 Å². The Hall–Kier alpha value is -6.84. The topological polar surface area (TPSA) is 202 Å². The highest BCUT2D eigenvalue weighted by Crippen LogP contribution is 2.13. The fraction of sp³-hybridized carbons (Fsp3) is 0.243. The van der Waals surface area contributed by atoms with Crippen LogP contribution in [-0.4, -0.2) is 120 Å². The molecule has 4 heterocycles. The molecule has 0 unspecified atom stereocenters. The minimum atomic E-state index is -0.415. The fourth-order valence-electron chi connectivity index (χ4n) is 3.96. The number of benzene rings is 1. The van der Waals surface area contributed by atoms with Crippen LogP contribution in [-0.2, 0) is 52.6 Å². The number of amides is 8. The summed E-state index contributed by atoms with van der Waals surface area (Å²) in [6.45, 7) is 2.36. The van der Waals surface area contributed by atoms with Crippen LogP contribution in [0.5, 0.6) is 0 Å². The molecule has 0 radical (unpaired) electrons. The Kier molecular flexibility index (Phi) is 17.1. The number of carbonyl (C=O) groups is 10. The average Bonchev–Trinajstić information content (AvgIpc) is 3.86. The Balaban J connectivity index is 0.000000247. The summed E-state index contributed by atoms with van der Waals surface area (Å²) in [4.78, 5) is 111. The second kappa shape index (κ2) is 21.4. The van der Waals surface area contributed by atoms with Crippen molar-refractivity contribution in [2.24, 2.45) is 0 Å². The van der Waals surface area contributed by atoms with E-state index in [-0.39, 0.29) is 66.4 Å². The lowest BCUT2D eigenvalue weighted by Gasteiger charge is -2.09. The quantitative estimate of drug-likeness (QED) is 0.231. The number of hydrogen-bond acceptors (Lipinski definition) is 12. The normalized spacial score (nSPS) is 16.4. The van der Waals surface area contributed by atoms with Gasteiger partial charge in [-0.1, -0.05) is 36.4 Å². The Bertz CT molecular complexity index is 1640. The van der Waals surface area contributed by atoms with E-state index in [1.165, 1.54) is 74.7 Å². The van der Waals surface area contributed by atoms with Gasteiger partial charge in [0, 0.05) is 81.9 Å². The number of imide groups is 4. The molecule has 0 fully saturated rings. The lowest BCUT2D eigenvalue weighted by atomic mass is 10.1. The molecule has 0 N–H and O–H groups in total. The van der Waals surface area contributed by atoms with Gasteiger partial charge in [0.25, 0.3) is 47.3 Å². The minimum Gasteiger partial charge on any atom is -0.459 e. The van der Waals surface area contributed by atoms with E-state index in [0.29, 0.717) is 24.1 Å². The monoisotopic (exact) mass is 730 g/mol. The molecular formula is C37H38N4O12. The highest BCUT2D eigenvalue weighted by Gasteiger charge is 2.21. The van der Waals surface area contributed by atoms with Crippen molar-refractivity contribution in [2.75, 3.05) is 40.9 Å². The number of esters is 2. The minimum absolute atomic E-state index is 0.0581. The molecule has 1 aromatic rings. The Morgan fingerprint density at radius 1 is 0.566 bits per heavy atom. The maximum absolute atomic E-state index is 11.6. The van der Waals surface area contributed by atoms with E-state index in [0.717, 1.165) is 21.1 Å². The van der Waals surface area contributed by atoms with Crippen molar-refractivity contribution < 1.29 is 57.4 Å². The first kappa shape index (κ1) is 42.3. The van der Waals surface area contributed by atoms with Crippen molar-refractivity contribution >= 4 is 59.2 Å². The number of allylic oxidation sites excluding steroid dienone is 3. The van der Waals surface area contributed by atoms with Gasteiger partial charge in [-0.05, 0) is 31.9 Å². The first-order valence-electron chi connectivity index (χ1n) is 16.0. The van der Waals surface area contributed by atoms with Gasteiger partial charge in [-0.2, -0.15) is 0 Å². The summed E-state index contributed by atoms with van der Waals surface area (Å²) in [7, 11) is 4.35. The molecular weight excluding hydrogens is 692 g/mol. The predicted octanol–water partition coefficient (Wildman–Crippen LogP) is 1.22. The van der Waals surface area contributed by atoms with E-state index in [4.69, 9.17) is 9.47 Å². The molecule has 16 nitrogen and oxygen atoms in total. The molecule has 6 rings (SSSR count). The lowest BCUT2D eigenvalue weighted by molar-refractivity contribution is -0.140. The van der Waals surface area contributed by atoms with E-state index in [9.17, 15) is 47.9 Å². The number of likely N-dealkylation sites (N-methyl/N-ethyl adjacent to an activating group) is 4. The van der Waals surface area contributed by atoms with E-state index < -0.39 is 5.97 Å². The van der Waals surface area contributed by atoms with Crippen LogP contribution in [0.15, 0.2) is 103 Å². The Morgan fingerprint density at radius 3 is 1.25 bits per heavy atom. The van der Waals surface area contributed by atoms with Crippen LogP contribution >= 0.6 is 0 Å². The molecule has 1 aromatic carbocycles. The van der Waals surface area contributed by atoms with Crippen molar-refractivity contribution in [3.63, 3.8) is 0 Å². The smallest absolute Gasteiger partial charge is 0.338 e. The molecule has 0 saturated heterocycles. The largest absolute Gasteiger partial charge is 0.459 e. The molecule has 8 amide bonds. The molecule has 0 bridgehead atoms. The Morgan fingerprint density at radius 2 is 0.943 bits per heavy atom. The zero-order chi connectivity index (χ0) is 39.5. The second-order valence-electron chi connectivity index (χ2n) is 10.8. The van der Waals surface area contributed by atoms with Crippen molar-refractivity contribution in [1.82, 2.24) is 19.6 Å². The summed E-state index contributed by atoms with van der Waals surface area (Å²) in [5, 5.41) is 0. The van der Waals surface area contributed by atoms with E-state index in [1.807, 2.05) is 18.2 Å². The summed E-state index contributed by atoms with van der Waals surface area (Å²) < 4.78 is 10.1. The predicted molar refractivity (Wildman–Crippen MR) is 186 cm³/mol. The third-order valence-corrected chi connectivity index (χ3v) is 7.14. The summed E-state index contributed by atoms with van der Waals surface area (Å²) >= 11 is 0. The number of rotatable bonds is 6. The van der Waals surface area contributed by atoms with E-state index in [1.54, 1.807) is 37.3 Å². The first-order chi connectivity index (χ1) is 25.2. The van der Waals surface area contributed by atoms with Gasteiger partial charge in [-0.15, -0.1) is 0 Å². The third-order valence-electron chi connectivity index (χ3n) is 7.14. The second-order valence-corrected chi connectivity index (χ2v) is 10.8. The van der Waals surface area contributed by atoms with E-state index >= 15 is 0 Å². The van der Waals surface area contributed by atoms with Gasteiger partial charge in [-0.25, -0.2) is 9.59 Å². The maximum atomic E-state index is 11.6. The molecule has 1 aliphatic carbocycles. The average molecular weight is 731 g/mol. The van der Waals surface area contributed by atoms with Crippen LogP contribution in [0, 0.1) is 0 Å². The zero-order valence-corrected chi connectivity index (χ0v) is 29.5. The molecule has 0 saturated carbocycles. The van der Waals surface area contributed by atoms with Gasteiger partial charge < -0.3 is 9.47 Å². The third kappa shape index (κ3) is 13.8. The molecule has 278 valence electrons. The summed E-state index contributed by atoms with van der Waals surface area (Å²) in [5.74, 6) is -2.61. The SMILES string of the molecule is CCN1C(=O)C=CC1=O.CN1C(=O)C=CC1=O.CN1C(=O)C=CC1=O.CN1C(=O)C=CC1=O.O=C(OCCOC(=O)c1ccccc1)C1=CC=CCC1. The molecule has 53 heavy (non-hydrogen) atoms. The van der Waals surface area contributed by atoms with Gasteiger partial charge in [-0.3, -0.25) is 58.0 Å². The lowest BCUT2D eigenvalue weighted by Crippen LogP contribution is -2.29. The molecule has 4 aliphatic heterocycles. The molecule has 16 heteroatoms. The van der Waals surface area contributed by atoms with Gasteiger partial charge in [0.15, 0.2) is 0 Å². The van der Waals surface area contributed by atoms with Crippen LogP contribution < -0.4 is 0 Å². The molecule has 0 spiro atoms. The van der Waals surface area contributed by atoms with Gasteiger partial charge >= 0.3 is 11.9 Å². The van der Waals surface area contributed by atoms with Gasteiger partial charge in [0.2, 0.25) is 0 Å². The number of hydrogen-bond donors (Lipinski definition) is 0. The highest BCUT2D eigenvalue weighted by atomic mass is 16.6. The van der Waals surface area contributed by atoms with E-state index in [2.05, 4.69) is 0 Å². The van der Waals surface area contributed by atoms with Gasteiger partial charge in [0.05, 0.1) is 5.56 Å². The Labute approximate surface area is 304 Å². The van der Waals surface area contributed by atoms with Gasteiger partial charge in [0.1, 0.15) is 13.2 Å². The number of carbonyl (C=O) groups excluding carboxylic acids is 10. The molecule has 0 aromatic heterocycles. The fourth-order valence-corrected chi connectivity index (χ4v) is 3.96. The van der Waals surface area contributed by atoms with Crippen LogP contribution in [0.2, 0.25) is 0 Å². The zero-order valence-electron chi connectivity index (χ0n) is 29.5. The van der Waals surface area contributed by atoms with Crippen molar-refractivity contribution in [1.29, 1.82) is 0 Å². The summed E-state index contributed by atoms with van der Waals surface area (Å²) in [5.41, 5.74) is 1.14. The number of ether oxygens (including phenoxy) is 2. The highest BCUT2D eigenvalue weighted by molar-refractivity contribution is 6.14. The van der Waals surface area contributed by atoms with Crippen LogP contribution in [0.4, 0.5) is 0 Å². The number of nitrogens with zero attached hydrogens (tertiary/aromatic N) is 4. The van der Waals surface area contributed by atoms with Crippen molar-refractivity contribution in [3.8, 4) is 0 Å². The van der Waals surface area contributed by atoms with Crippen molar-refractivity contribution in [2.45, 2.75) is 19.8 Å². The van der Waals surface area contributed by atoms with Crippen LogP contribution in [0.25, 0.3) is 0 Å². The standard InChI is InChI=1S/C16H16O4.C6H7NO2.3C5H5NO2/c17-15(13-7-3-1-4-8-13)19-11-12-20-16(18)14-9-5-2-6-10-14;1-2-7-5(8)3-4-6(7)9;3*1-6-4(7)2-3-5(6)8/h1-5,7-9H,6,10-12H2;3-4H,2H2,1H3;3*2-3H,1H3. The maximum Gasteiger partial charge on any atom is 0.338 e. The van der Waals surface area contributed by atoms with Crippen LogP contribution in [0.3, 0.4) is 0 Å². The molecule has 5 aliphatic rings.